The molecule has 0 unspecified atom stereocenters. The van der Waals surface area contributed by atoms with Gasteiger partial charge in [-0.05, 0) is 24.2 Å². The molecule has 4 heteroatoms. The third kappa shape index (κ3) is 6.97. The summed E-state index contributed by atoms with van der Waals surface area (Å²) in [6.07, 6.45) is 5.25. The fraction of sp³-hybridized carbons (Fsp3) is 0.846. The Labute approximate surface area is 103 Å². The van der Waals surface area contributed by atoms with Gasteiger partial charge < -0.3 is 10.4 Å². The highest BCUT2D eigenvalue weighted by Crippen LogP contribution is 2.33. The summed E-state index contributed by atoms with van der Waals surface area (Å²) in [5.74, 6) is 0.0129. The Bertz CT molecular complexity index is 282. The Balaban J connectivity index is 2.11. The van der Waals surface area contributed by atoms with Crippen molar-refractivity contribution in [2.45, 2.75) is 52.4 Å². The molecule has 98 valence electrons. The van der Waals surface area contributed by atoms with Gasteiger partial charge in [0.05, 0.1) is 6.42 Å². The zero-order valence-electron chi connectivity index (χ0n) is 10.8. The van der Waals surface area contributed by atoms with Crippen molar-refractivity contribution in [1.82, 2.24) is 5.32 Å². The van der Waals surface area contributed by atoms with Gasteiger partial charge in [-0.3, -0.25) is 9.59 Å². The summed E-state index contributed by atoms with van der Waals surface area (Å²) in [5.41, 5.74) is -0.466. The smallest absolute Gasteiger partial charge is 0.303 e. The Morgan fingerprint density at radius 2 is 1.94 bits per heavy atom. The lowest BCUT2D eigenvalue weighted by molar-refractivity contribution is -0.139. The normalized spacial score (nSPS) is 15.6. The molecule has 1 aliphatic carbocycles. The van der Waals surface area contributed by atoms with E-state index in [4.69, 9.17) is 5.11 Å². The molecule has 4 nitrogen and oxygen atoms in total. The lowest BCUT2D eigenvalue weighted by Gasteiger charge is -2.21. The van der Waals surface area contributed by atoms with Crippen LogP contribution < -0.4 is 5.32 Å². The lowest BCUT2D eigenvalue weighted by atomic mass is 9.85. The average molecular weight is 241 g/mol. The number of amides is 1. The van der Waals surface area contributed by atoms with Crippen LogP contribution in [-0.2, 0) is 9.59 Å². The molecule has 0 bridgehead atoms. The van der Waals surface area contributed by atoms with E-state index in [1.165, 1.54) is 19.3 Å². The molecule has 2 N–H and O–H groups in total. The topological polar surface area (TPSA) is 66.4 Å². The van der Waals surface area contributed by atoms with E-state index in [1.54, 1.807) is 0 Å². The molecule has 1 rings (SSSR count). The van der Waals surface area contributed by atoms with Gasteiger partial charge in [0.1, 0.15) is 0 Å². The van der Waals surface area contributed by atoms with Gasteiger partial charge in [0.15, 0.2) is 0 Å². The summed E-state index contributed by atoms with van der Waals surface area (Å²) in [6.45, 7) is 4.34. The summed E-state index contributed by atoms with van der Waals surface area (Å²) < 4.78 is 0. The van der Waals surface area contributed by atoms with Crippen molar-refractivity contribution in [2.24, 2.45) is 11.3 Å². The van der Waals surface area contributed by atoms with Crippen LogP contribution in [0.2, 0.25) is 0 Å². The molecular weight excluding hydrogens is 218 g/mol. The second-order valence-electron chi connectivity index (χ2n) is 5.85. The maximum Gasteiger partial charge on any atom is 0.303 e. The Morgan fingerprint density at radius 3 is 2.47 bits per heavy atom. The second kappa shape index (κ2) is 6.03. The maximum absolute atomic E-state index is 11.6. The first-order valence-corrected chi connectivity index (χ1v) is 6.37. The van der Waals surface area contributed by atoms with Gasteiger partial charge in [-0.25, -0.2) is 0 Å². The van der Waals surface area contributed by atoms with Crippen LogP contribution >= 0.6 is 0 Å². The van der Waals surface area contributed by atoms with E-state index < -0.39 is 11.4 Å². The molecule has 0 saturated heterocycles. The van der Waals surface area contributed by atoms with Crippen molar-refractivity contribution in [2.75, 3.05) is 6.54 Å². The van der Waals surface area contributed by atoms with Crippen molar-refractivity contribution in [3.8, 4) is 0 Å². The SMILES string of the molecule is CC(C)(CC(=O)O)CC(=O)NCCCC1CC1. The molecule has 0 aliphatic heterocycles. The Kier molecular flexibility index (Phi) is 4.97. The van der Waals surface area contributed by atoms with E-state index in [0.717, 1.165) is 18.9 Å². The van der Waals surface area contributed by atoms with Gasteiger partial charge in [-0.15, -0.1) is 0 Å². The van der Waals surface area contributed by atoms with Crippen molar-refractivity contribution in [3.05, 3.63) is 0 Å². The van der Waals surface area contributed by atoms with Crippen LogP contribution in [0.5, 0.6) is 0 Å². The zero-order chi connectivity index (χ0) is 12.9. The number of hydrogen-bond donors (Lipinski definition) is 2. The van der Waals surface area contributed by atoms with Gasteiger partial charge in [-0.1, -0.05) is 26.7 Å². The molecule has 17 heavy (non-hydrogen) atoms. The quantitative estimate of drug-likeness (QED) is 0.640. The van der Waals surface area contributed by atoms with Crippen molar-refractivity contribution >= 4 is 11.9 Å². The highest BCUT2D eigenvalue weighted by molar-refractivity contribution is 5.77. The molecule has 0 atom stereocenters. The molecular formula is C13H23NO3. The number of carboxylic acid groups (broad SMARTS) is 1. The molecule has 0 heterocycles. The lowest BCUT2D eigenvalue weighted by Crippen LogP contribution is -2.30. The van der Waals surface area contributed by atoms with E-state index in [0.29, 0.717) is 0 Å². The largest absolute Gasteiger partial charge is 0.481 e. The van der Waals surface area contributed by atoms with Crippen LogP contribution in [0.15, 0.2) is 0 Å². The van der Waals surface area contributed by atoms with Gasteiger partial charge in [0.2, 0.25) is 5.91 Å². The molecule has 0 aromatic rings. The molecule has 0 radical (unpaired) electrons. The first-order valence-electron chi connectivity index (χ1n) is 6.37. The Morgan fingerprint density at radius 1 is 1.29 bits per heavy atom. The van der Waals surface area contributed by atoms with E-state index in [-0.39, 0.29) is 18.7 Å². The van der Waals surface area contributed by atoms with Gasteiger partial charge in [-0.2, -0.15) is 0 Å². The van der Waals surface area contributed by atoms with Crippen molar-refractivity contribution in [1.29, 1.82) is 0 Å². The fourth-order valence-corrected chi connectivity index (χ4v) is 1.99. The highest BCUT2D eigenvalue weighted by Gasteiger charge is 2.25. The number of nitrogens with one attached hydrogen (secondary N) is 1. The van der Waals surface area contributed by atoms with E-state index >= 15 is 0 Å². The third-order valence-electron chi connectivity index (χ3n) is 3.08. The Hall–Kier alpha value is -1.06. The predicted molar refractivity (Wildman–Crippen MR) is 65.6 cm³/mol. The second-order valence-corrected chi connectivity index (χ2v) is 5.85. The molecule has 1 saturated carbocycles. The van der Waals surface area contributed by atoms with Gasteiger partial charge >= 0.3 is 5.97 Å². The molecule has 0 aromatic carbocycles. The monoisotopic (exact) mass is 241 g/mol. The summed E-state index contributed by atoms with van der Waals surface area (Å²) in [4.78, 5) is 22.2. The predicted octanol–water partition coefficient (Wildman–Crippen LogP) is 2.18. The zero-order valence-corrected chi connectivity index (χ0v) is 10.8. The number of carboxylic acids is 1. The molecule has 1 aliphatic rings. The van der Waals surface area contributed by atoms with Crippen LogP contribution in [0.1, 0.15) is 52.4 Å². The number of carbonyl (C=O) groups is 2. The van der Waals surface area contributed by atoms with Crippen LogP contribution in [0, 0.1) is 11.3 Å². The number of aliphatic carboxylic acids is 1. The summed E-state index contributed by atoms with van der Waals surface area (Å²) in [6, 6.07) is 0. The minimum absolute atomic E-state index is 0.0303. The third-order valence-corrected chi connectivity index (χ3v) is 3.08. The number of carbonyl (C=O) groups excluding carboxylic acids is 1. The van der Waals surface area contributed by atoms with E-state index in [2.05, 4.69) is 5.32 Å². The summed E-state index contributed by atoms with van der Waals surface area (Å²) in [5, 5.41) is 11.6. The molecule has 0 spiro atoms. The number of hydrogen-bond acceptors (Lipinski definition) is 2. The molecule has 0 aromatic heterocycles. The summed E-state index contributed by atoms with van der Waals surface area (Å²) >= 11 is 0. The number of rotatable bonds is 8. The highest BCUT2D eigenvalue weighted by atomic mass is 16.4. The van der Waals surface area contributed by atoms with Crippen LogP contribution in [0.3, 0.4) is 0 Å². The molecule has 1 amide bonds. The van der Waals surface area contributed by atoms with Crippen molar-refractivity contribution in [3.63, 3.8) is 0 Å². The standard InChI is InChI=1S/C13H23NO3/c1-13(2,9-12(16)17)8-11(15)14-7-3-4-10-5-6-10/h10H,3-9H2,1-2H3,(H,14,15)(H,16,17). The van der Waals surface area contributed by atoms with Gasteiger partial charge in [0, 0.05) is 13.0 Å². The minimum Gasteiger partial charge on any atom is -0.481 e. The van der Waals surface area contributed by atoms with Crippen LogP contribution in [-0.4, -0.2) is 23.5 Å². The first kappa shape index (κ1) is 14.0. The van der Waals surface area contributed by atoms with E-state index in [1.807, 2.05) is 13.8 Å². The molecule has 1 fully saturated rings. The van der Waals surface area contributed by atoms with Crippen LogP contribution in [0.4, 0.5) is 0 Å². The maximum atomic E-state index is 11.6. The average Bonchev–Trinajstić information content (AvgIpc) is 2.92. The summed E-state index contributed by atoms with van der Waals surface area (Å²) in [7, 11) is 0. The fourth-order valence-electron chi connectivity index (χ4n) is 1.99. The van der Waals surface area contributed by atoms with Crippen molar-refractivity contribution < 1.29 is 14.7 Å². The van der Waals surface area contributed by atoms with Gasteiger partial charge in [0.25, 0.3) is 0 Å². The minimum atomic E-state index is -0.850. The van der Waals surface area contributed by atoms with E-state index in [9.17, 15) is 9.59 Å². The first-order chi connectivity index (χ1) is 7.89. The van der Waals surface area contributed by atoms with Crippen LogP contribution in [0.25, 0.3) is 0 Å².